The molecule has 0 amide bonds. The Morgan fingerprint density at radius 1 is 1.47 bits per heavy atom. The molecular formula is C12H16ClNS. The Labute approximate surface area is 100 Å². The number of hydrogen-bond donors (Lipinski definition) is 1. The second-order valence-corrected chi connectivity index (χ2v) is 6.35. The van der Waals surface area contributed by atoms with Crippen molar-refractivity contribution in [3.8, 4) is 0 Å². The lowest BCUT2D eigenvalue weighted by Crippen LogP contribution is -2.02. The van der Waals surface area contributed by atoms with Crippen molar-refractivity contribution >= 4 is 23.4 Å². The summed E-state index contributed by atoms with van der Waals surface area (Å²) in [4.78, 5) is 1.30. The van der Waals surface area contributed by atoms with Crippen LogP contribution in [0.4, 0.5) is 0 Å². The molecule has 0 aromatic heterocycles. The van der Waals surface area contributed by atoms with Gasteiger partial charge in [0.15, 0.2) is 0 Å². The van der Waals surface area contributed by atoms with Crippen LogP contribution >= 0.6 is 23.4 Å². The van der Waals surface area contributed by atoms with Crippen LogP contribution in [-0.2, 0) is 0 Å². The Morgan fingerprint density at radius 3 is 2.67 bits per heavy atom. The second-order valence-electron chi connectivity index (χ2n) is 4.32. The van der Waals surface area contributed by atoms with E-state index in [1.807, 2.05) is 23.9 Å². The molecule has 82 valence electrons. The third kappa shape index (κ3) is 2.49. The molecular weight excluding hydrogens is 226 g/mol. The molecule has 0 radical (unpaired) electrons. The average Bonchev–Trinajstić information content (AvgIpc) is 2.81. The van der Waals surface area contributed by atoms with Gasteiger partial charge < -0.3 is 5.73 Å². The van der Waals surface area contributed by atoms with E-state index < -0.39 is 0 Å². The molecule has 0 bridgehead atoms. The van der Waals surface area contributed by atoms with Crippen LogP contribution in [0, 0.1) is 0 Å². The Hall–Kier alpha value is -0.180. The molecule has 2 unspecified atom stereocenters. The SMILES string of the molecule is CC(C)Sc1cccc(Cl)c1C1CC1N. The topological polar surface area (TPSA) is 26.0 Å². The van der Waals surface area contributed by atoms with Crippen molar-refractivity contribution in [1.29, 1.82) is 0 Å². The van der Waals surface area contributed by atoms with Crippen LogP contribution in [-0.4, -0.2) is 11.3 Å². The van der Waals surface area contributed by atoms with Crippen LogP contribution in [0.2, 0.25) is 5.02 Å². The number of benzene rings is 1. The molecule has 1 aliphatic rings. The summed E-state index contributed by atoms with van der Waals surface area (Å²) in [5.41, 5.74) is 7.17. The minimum Gasteiger partial charge on any atom is -0.327 e. The first-order chi connectivity index (χ1) is 7.09. The third-order valence-electron chi connectivity index (χ3n) is 2.59. The van der Waals surface area contributed by atoms with Gasteiger partial charge in [0.2, 0.25) is 0 Å². The molecule has 2 rings (SSSR count). The fourth-order valence-corrected chi connectivity index (χ4v) is 3.20. The minimum atomic E-state index is 0.316. The highest BCUT2D eigenvalue weighted by Crippen LogP contribution is 2.47. The van der Waals surface area contributed by atoms with Crippen LogP contribution in [0.25, 0.3) is 0 Å². The van der Waals surface area contributed by atoms with Crippen molar-refractivity contribution in [2.75, 3.05) is 0 Å². The first-order valence-corrected chi connectivity index (χ1v) is 6.56. The van der Waals surface area contributed by atoms with Gasteiger partial charge in [0.05, 0.1) is 0 Å². The highest BCUT2D eigenvalue weighted by Gasteiger charge is 2.37. The lowest BCUT2D eigenvalue weighted by Gasteiger charge is -2.12. The predicted molar refractivity (Wildman–Crippen MR) is 67.8 cm³/mol. The van der Waals surface area contributed by atoms with Crippen LogP contribution in [0.5, 0.6) is 0 Å². The zero-order chi connectivity index (χ0) is 11.0. The molecule has 3 heteroatoms. The van der Waals surface area contributed by atoms with Crippen molar-refractivity contribution < 1.29 is 0 Å². The van der Waals surface area contributed by atoms with Crippen LogP contribution < -0.4 is 5.73 Å². The van der Waals surface area contributed by atoms with Crippen LogP contribution in [0.1, 0.15) is 31.7 Å². The fraction of sp³-hybridized carbons (Fsp3) is 0.500. The Balaban J connectivity index is 2.32. The van der Waals surface area contributed by atoms with Gasteiger partial charge in [-0.05, 0) is 24.1 Å². The number of halogens is 1. The second kappa shape index (κ2) is 4.36. The van der Waals surface area contributed by atoms with Gasteiger partial charge in [-0.3, -0.25) is 0 Å². The standard InChI is InChI=1S/C12H16ClNS/c1-7(2)15-11-5-3-4-9(13)12(11)8-6-10(8)14/h3-5,7-8,10H,6,14H2,1-2H3. The number of rotatable bonds is 3. The van der Waals surface area contributed by atoms with E-state index in [1.165, 1.54) is 10.5 Å². The van der Waals surface area contributed by atoms with Crippen LogP contribution in [0.3, 0.4) is 0 Å². The van der Waals surface area contributed by atoms with Gasteiger partial charge in [-0.1, -0.05) is 31.5 Å². The number of hydrogen-bond acceptors (Lipinski definition) is 2. The van der Waals surface area contributed by atoms with E-state index >= 15 is 0 Å². The number of thioether (sulfide) groups is 1. The van der Waals surface area contributed by atoms with E-state index in [2.05, 4.69) is 19.9 Å². The zero-order valence-corrected chi connectivity index (χ0v) is 10.6. The molecule has 1 aromatic rings. The smallest absolute Gasteiger partial charge is 0.0452 e. The van der Waals surface area contributed by atoms with E-state index in [0.717, 1.165) is 11.4 Å². The maximum atomic E-state index is 6.24. The highest BCUT2D eigenvalue weighted by molar-refractivity contribution is 8.00. The maximum absolute atomic E-state index is 6.24. The van der Waals surface area contributed by atoms with Crippen molar-refractivity contribution in [3.05, 3.63) is 28.8 Å². The molecule has 1 nitrogen and oxygen atoms in total. The molecule has 2 atom stereocenters. The summed E-state index contributed by atoms with van der Waals surface area (Å²) in [5.74, 6) is 0.486. The molecule has 1 saturated carbocycles. The summed E-state index contributed by atoms with van der Waals surface area (Å²) in [6, 6.07) is 6.45. The maximum Gasteiger partial charge on any atom is 0.0452 e. The van der Waals surface area contributed by atoms with Gasteiger partial charge in [0, 0.05) is 27.1 Å². The zero-order valence-electron chi connectivity index (χ0n) is 9.03. The Morgan fingerprint density at radius 2 is 2.13 bits per heavy atom. The first-order valence-electron chi connectivity index (χ1n) is 5.30. The molecule has 1 aromatic carbocycles. The van der Waals surface area contributed by atoms with Gasteiger partial charge in [0.25, 0.3) is 0 Å². The van der Waals surface area contributed by atoms with Gasteiger partial charge in [0.1, 0.15) is 0 Å². The van der Waals surface area contributed by atoms with Gasteiger partial charge in [-0.15, -0.1) is 11.8 Å². The highest BCUT2D eigenvalue weighted by atomic mass is 35.5. The normalized spacial score (nSPS) is 24.6. The van der Waals surface area contributed by atoms with Crippen molar-refractivity contribution in [3.63, 3.8) is 0 Å². The van der Waals surface area contributed by atoms with E-state index in [1.54, 1.807) is 0 Å². The van der Waals surface area contributed by atoms with Crippen molar-refractivity contribution in [2.24, 2.45) is 5.73 Å². The molecule has 0 saturated heterocycles. The Kier molecular flexibility index (Phi) is 3.29. The predicted octanol–water partition coefficient (Wildman–Crippen LogP) is 3.66. The molecule has 0 aliphatic heterocycles. The molecule has 1 aliphatic carbocycles. The van der Waals surface area contributed by atoms with E-state index in [-0.39, 0.29) is 0 Å². The Bertz CT molecular complexity index is 365. The quantitative estimate of drug-likeness (QED) is 0.818. The lowest BCUT2D eigenvalue weighted by atomic mass is 10.1. The fourth-order valence-electron chi connectivity index (χ4n) is 1.78. The largest absolute Gasteiger partial charge is 0.327 e. The van der Waals surface area contributed by atoms with Crippen LogP contribution in [0.15, 0.2) is 23.1 Å². The van der Waals surface area contributed by atoms with Gasteiger partial charge in [-0.25, -0.2) is 0 Å². The third-order valence-corrected chi connectivity index (χ3v) is 4.00. The van der Waals surface area contributed by atoms with E-state index in [9.17, 15) is 0 Å². The van der Waals surface area contributed by atoms with Crippen molar-refractivity contribution in [2.45, 2.75) is 42.4 Å². The molecule has 15 heavy (non-hydrogen) atoms. The summed E-state index contributed by atoms with van der Waals surface area (Å²) < 4.78 is 0. The summed E-state index contributed by atoms with van der Waals surface area (Å²) in [6.07, 6.45) is 1.08. The lowest BCUT2D eigenvalue weighted by molar-refractivity contribution is 0.965. The molecule has 0 spiro atoms. The average molecular weight is 242 g/mol. The molecule has 0 heterocycles. The van der Waals surface area contributed by atoms with Gasteiger partial charge >= 0.3 is 0 Å². The molecule has 1 fully saturated rings. The monoisotopic (exact) mass is 241 g/mol. The van der Waals surface area contributed by atoms with E-state index in [0.29, 0.717) is 17.2 Å². The summed E-state index contributed by atoms with van der Waals surface area (Å²) >= 11 is 8.11. The summed E-state index contributed by atoms with van der Waals surface area (Å²) in [6.45, 7) is 4.39. The van der Waals surface area contributed by atoms with E-state index in [4.69, 9.17) is 17.3 Å². The molecule has 2 N–H and O–H groups in total. The van der Waals surface area contributed by atoms with Gasteiger partial charge in [-0.2, -0.15) is 0 Å². The minimum absolute atomic E-state index is 0.316. The first kappa shape index (κ1) is 11.3. The summed E-state index contributed by atoms with van der Waals surface area (Å²) in [7, 11) is 0. The summed E-state index contributed by atoms with van der Waals surface area (Å²) in [5, 5.41) is 1.45. The number of nitrogens with two attached hydrogens (primary N) is 1. The van der Waals surface area contributed by atoms with Crippen molar-refractivity contribution in [1.82, 2.24) is 0 Å².